The second kappa shape index (κ2) is 6.11. The van der Waals surface area contributed by atoms with Crippen molar-refractivity contribution in [2.45, 2.75) is 37.4 Å². The number of aromatic nitrogens is 1. The Hall–Kier alpha value is -1.63. The largest absolute Gasteiger partial charge is 0.428 e. The molecule has 2 N–H and O–H groups in total. The summed E-state index contributed by atoms with van der Waals surface area (Å²) in [5.74, 6) is 0.381. The SMILES string of the molecule is O=C(NC1CC2CCC1N2)c1ccc(Oc2cccc(Cl)n2)s1. The zero-order valence-corrected chi connectivity index (χ0v) is 13.9. The van der Waals surface area contributed by atoms with Gasteiger partial charge in [-0.15, -0.1) is 0 Å². The molecule has 0 saturated carbocycles. The number of hydrogen-bond donors (Lipinski definition) is 2. The van der Waals surface area contributed by atoms with E-state index in [9.17, 15) is 4.79 Å². The van der Waals surface area contributed by atoms with Gasteiger partial charge in [0, 0.05) is 24.2 Å². The number of halogens is 1. The molecule has 3 atom stereocenters. The topological polar surface area (TPSA) is 63.2 Å². The third kappa shape index (κ3) is 3.20. The number of ether oxygens (including phenoxy) is 1. The van der Waals surface area contributed by atoms with Crippen molar-refractivity contribution in [3.05, 3.63) is 40.4 Å². The van der Waals surface area contributed by atoms with Gasteiger partial charge in [-0.2, -0.15) is 0 Å². The number of thiophene rings is 1. The van der Waals surface area contributed by atoms with E-state index in [1.807, 2.05) is 0 Å². The molecule has 2 aromatic rings. The first-order chi connectivity index (χ1) is 11.2. The standard InChI is InChI=1S/C16H16ClN3O2S/c17-13-2-1-3-14(20-13)22-15-7-6-12(23-15)16(21)19-11-8-9-4-5-10(11)18-9/h1-3,6-7,9-11,18H,4-5,8H2,(H,19,21). The molecule has 120 valence electrons. The summed E-state index contributed by atoms with van der Waals surface area (Å²) < 4.78 is 5.64. The minimum atomic E-state index is -0.0387. The molecule has 2 saturated heterocycles. The molecule has 2 aromatic heterocycles. The highest BCUT2D eigenvalue weighted by molar-refractivity contribution is 7.15. The third-order valence-corrected chi connectivity index (χ3v) is 5.49. The Morgan fingerprint density at radius 3 is 3.00 bits per heavy atom. The minimum Gasteiger partial charge on any atom is -0.428 e. The van der Waals surface area contributed by atoms with Gasteiger partial charge in [-0.3, -0.25) is 4.79 Å². The number of nitrogens with one attached hydrogen (secondary N) is 2. The average Bonchev–Trinajstić information content (AvgIpc) is 3.23. The van der Waals surface area contributed by atoms with Crippen molar-refractivity contribution in [2.24, 2.45) is 0 Å². The normalized spacial score (nSPS) is 25.5. The third-order valence-electron chi connectivity index (χ3n) is 4.32. The maximum atomic E-state index is 12.4. The molecule has 7 heteroatoms. The van der Waals surface area contributed by atoms with Crippen molar-refractivity contribution in [3.63, 3.8) is 0 Å². The average molecular weight is 350 g/mol. The summed E-state index contributed by atoms with van der Waals surface area (Å²) in [6, 6.07) is 9.98. The van der Waals surface area contributed by atoms with Crippen LogP contribution in [0.3, 0.4) is 0 Å². The van der Waals surface area contributed by atoms with E-state index in [1.165, 1.54) is 17.8 Å². The quantitative estimate of drug-likeness (QED) is 0.832. The highest BCUT2D eigenvalue weighted by Crippen LogP contribution is 2.31. The van der Waals surface area contributed by atoms with Gasteiger partial charge in [0.05, 0.1) is 4.88 Å². The van der Waals surface area contributed by atoms with Gasteiger partial charge in [-0.25, -0.2) is 4.98 Å². The molecule has 0 spiro atoms. The van der Waals surface area contributed by atoms with Crippen LogP contribution in [0, 0.1) is 0 Å². The van der Waals surface area contributed by atoms with Crippen molar-refractivity contribution in [1.82, 2.24) is 15.6 Å². The lowest BCUT2D eigenvalue weighted by Gasteiger charge is -2.20. The molecule has 23 heavy (non-hydrogen) atoms. The van der Waals surface area contributed by atoms with Crippen LogP contribution in [-0.4, -0.2) is 29.0 Å². The lowest BCUT2D eigenvalue weighted by atomic mass is 9.95. The van der Waals surface area contributed by atoms with Crippen LogP contribution in [0.5, 0.6) is 10.9 Å². The first-order valence-corrected chi connectivity index (χ1v) is 8.84. The lowest BCUT2D eigenvalue weighted by Crippen LogP contribution is -2.42. The molecule has 0 aliphatic carbocycles. The number of hydrogen-bond acceptors (Lipinski definition) is 5. The maximum Gasteiger partial charge on any atom is 0.261 e. The highest BCUT2D eigenvalue weighted by atomic mass is 35.5. The summed E-state index contributed by atoms with van der Waals surface area (Å²) in [5, 5.41) is 7.65. The van der Waals surface area contributed by atoms with Gasteiger partial charge in [-0.1, -0.05) is 29.0 Å². The van der Waals surface area contributed by atoms with E-state index < -0.39 is 0 Å². The van der Waals surface area contributed by atoms with E-state index in [0.717, 1.165) is 12.8 Å². The van der Waals surface area contributed by atoms with Crippen LogP contribution in [0.15, 0.2) is 30.3 Å². The van der Waals surface area contributed by atoms with Gasteiger partial charge in [-0.05, 0) is 37.5 Å². The zero-order valence-electron chi connectivity index (χ0n) is 12.3. The number of carbonyl (C=O) groups excluding carboxylic acids is 1. The van der Waals surface area contributed by atoms with Gasteiger partial charge < -0.3 is 15.4 Å². The summed E-state index contributed by atoms with van der Waals surface area (Å²) in [5.41, 5.74) is 0. The molecule has 1 amide bonds. The van der Waals surface area contributed by atoms with Crippen molar-refractivity contribution in [1.29, 1.82) is 0 Å². The zero-order chi connectivity index (χ0) is 15.8. The minimum absolute atomic E-state index is 0.0387. The van der Waals surface area contributed by atoms with Crippen LogP contribution in [0.2, 0.25) is 5.15 Å². The fourth-order valence-corrected chi connectivity index (χ4v) is 4.19. The smallest absolute Gasteiger partial charge is 0.261 e. The van der Waals surface area contributed by atoms with Gasteiger partial charge in [0.1, 0.15) is 5.15 Å². The van der Waals surface area contributed by atoms with Crippen LogP contribution in [-0.2, 0) is 0 Å². The van der Waals surface area contributed by atoms with Crippen molar-refractivity contribution < 1.29 is 9.53 Å². The monoisotopic (exact) mass is 349 g/mol. The molecule has 0 radical (unpaired) electrons. The summed E-state index contributed by atoms with van der Waals surface area (Å²) in [4.78, 5) is 17.1. The van der Waals surface area contributed by atoms with Crippen molar-refractivity contribution in [3.8, 4) is 10.9 Å². The first kappa shape index (κ1) is 14.9. The predicted molar refractivity (Wildman–Crippen MR) is 89.5 cm³/mol. The molecule has 0 aromatic carbocycles. The van der Waals surface area contributed by atoms with Crippen molar-refractivity contribution >= 4 is 28.8 Å². The van der Waals surface area contributed by atoms with Gasteiger partial charge in [0.25, 0.3) is 5.91 Å². The predicted octanol–water partition coefficient (Wildman–Crippen LogP) is 3.21. The fraction of sp³-hybridized carbons (Fsp3) is 0.375. The molecule has 4 heterocycles. The molecular formula is C16H16ClN3O2S. The van der Waals surface area contributed by atoms with Gasteiger partial charge >= 0.3 is 0 Å². The summed E-state index contributed by atoms with van der Waals surface area (Å²) in [7, 11) is 0. The van der Waals surface area contributed by atoms with E-state index in [4.69, 9.17) is 16.3 Å². The Balaban J connectivity index is 1.40. The number of amides is 1. The lowest BCUT2D eigenvalue weighted by molar-refractivity contribution is 0.0935. The second-order valence-corrected chi connectivity index (χ2v) is 7.32. The van der Waals surface area contributed by atoms with Gasteiger partial charge in [0.2, 0.25) is 5.88 Å². The Morgan fingerprint density at radius 2 is 2.26 bits per heavy atom. The Morgan fingerprint density at radius 1 is 1.35 bits per heavy atom. The van der Waals surface area contributed by atoms with E-state index in [-0.39, 0.29) is 11.9 Å². The molecule has 2 bridgehead atoms. The van der Waals surface area contributed by atoms with E-state index in [1.54, 1.807) is 30.3 Å². The Bertz CT molecular complexity index is 736. The molecule has 5 nitrogen and oxygen atoms in total. The summed E-state index contributed by atoms with van der Waals surface area (Å²) in [6.45, 7) is 0. The molecular weight excluding hydrogens is 334 g/mol. The molecule has 2 aliphatic rings. The second-order valence-electron chi connectivity index (χ2n) is 5.88. The summed E-state index contributed by atoms with van der Waals surface area (Å²) >= 11 is 7.14. The molecule has 2 fully saturated rings. The molecule has 2 aliphatic heterocycles. The highest BCUT2D eigenvalue weighted by Gasteiger charge is 2.39. The molecule has 4 rings (SSSR count). The van der Waals surface area contributed by atoms with E-state index in [2.05, 4.69) is 15.6 Å². The fourth-order valence-electron chi connectivity index (χ4n) is 3.27. The van der Waals surface area contributed by atoms with Crippen LogP contribution in [0.25, 0.3) is 0 Å². The number of fused-ring (bicyclic) bond motifs is 2. The number of pyridine rings is 1. The Kier molecular flexibility index (Phi) is 3.97. The van der Waals surface area contributed by atoms with Gasteiger partial charge in [0.15, 0.2) is 5.06 Å². The van der Waals surface area contributed by atoms with E-state index in [0.29, 0.717) is 33.1 Å². The van der Waals surface area contributed by atoms with Crippen LogP contribution < -0.4 is 15.4 Å². The summed E-state index contributed by atoms with van der Waals surface area (Å²) in [6.07, 6.45) is 3.40. The van der Waals surface area contributed by atoms with E-state index >= 15 is 0 Å². The van der Waals surface area contributed by atoms with Crippen LogP contribution in [0.4, 0.5) is 0 Å². The Labute approximate surface area is 143 Å². The van der Waals surface area contributed by atoms with Crippen molar-refractivity contribution in [2.75, 3.05) is 0 Å². The van der Waals surface area contributed by atoms with Crippen LogP contribution >= 0.6 is 22.9 Å². The molecule has 3 unspecified atom stereocenters. The maximum absolute atomic E-state index is 12.4. The number of nitrogens with zero attached hydrogens (tertiary/aromatic N) is 1. The number of carbonyl (C=O) groups is 1. The van der Waals surface area contributed by atoms with Crippen LogP contribution in [0.1, 0.15) is 28.9 Å². The first-order valence-electron chi connectivity index (χ1n) is 7.64. The number of rotatable bonds is 4.